The molecule has 1 aliphatic rings. The van der Waals surface area contributed by atoms with Crippen molar-refractivity contribution in [1.82, 2.24) is 4.90 Å². The fourth-order valence-electron chi connectivity index (χ4n) is 3.42. The molecule has 27 heavy (non-hydrogen) atoms. The van der Waals surface area contributed by atoms with Crippen LogP contribution < -0.4 is 4.74 Å². The average Bonchev–Trinajstić information content (AvgIpc) is 3.09. The number of hydrogen-bond donors (Lipinski definition) is 1. The van der Waals surface area contributed by atoms with E-state index < -0.39 is 5.97 Å². The molecule has 1 N–H and O–H groups in total. The van der Waals surface area contributed by atoms with Crippen molar-refractivity contribution in [2.24, 2.45) is 5.92 Å². The highest BCUT2D eigenvalue weighted by molar-refractivity contribution is 5.91. The zero-order chi connectivity index (χ0) is 19.4. The van der Waals surface area contributed by atoms with E-state index in [9.17, 15) is 9.59 Å². The standard InChI is InChI=1S/C21H25NO5/c1-14-3-5-18(15(2)11-14)26-13-17-4-6-19(27-17)21(25)22-9-7-16(8-10-22)12-20(23)24/h3-6,11,16H,7-10,12-13H2,1-2H3,(H,23,24). The van der Waals surface area contributed by atoms with Gasteiger partial charge in [0.2, 0.25) is 0 Å². The lowest BCUT2D eigenvalue weighted by Gasteiger charge is -2.30. The molecule has 1 aromatic carbocycles. The number of aryl methyl sites for hydroxylation is 2. The number of hydrogen-bond acceptors (Lipinski definition) is 4. The van der Waals surface area contributed by atoms with Crippen LogP contribution in [0.15, 0.2) is 34.7 Å². The Labute approximate surface area is 158 Å². The summed E-state index contributed by atoms with van der Waals surface area (Å²) in [6.07, 6.45) is 1.59. The van der Waals surface area contributed by atoms with E-state index in [1.165, 1.54) is 5.56 Å². The molecular formula is C21H25NO5. The molecule has 1 amide bonds. The number of carbonyl (C=O) groups is 2. The summed E-state index contributed by atoms with van der Waals surface area (Å²) in [5, 5.41) is 8.88. The van der Waals surface area contributed by atoms with Crippen LogP contribution in [0, 0.1) is 19.8 Å². The first-order valence-corrected chi connectivity index (χ1v) is 9.22. The average molecular weight is 371 g/mol. The summed E-state index contributed by atoms with van der Waals surface area (Å²) in [4.78, 5) is 25.1. The number of ether oxygens (including phenoxy) is 1. The van der Waals surface area contributed by atoms with E-state index in [-0.39, 0.29) is 24.9 Å². The Morgan fingerprint density at radius 2 is 1.93 bits per heavy atom. The third-order valence-corrected chi connectivity index (χ3v) is 4.94. The number of carbonyl (C=O) groups excluding carboxylic acids is 1. The molecular weight excluding hydrogens is 346 g/mol. The van der Waals surface area contributed by atoms with Crippen LogP contribution in [-0.2, 0) is 11.4 Å². The number of carboxylic acids is 1. The van der Waals surface area contributed by atoms with Crippen molar-refractivity contribution in [2.45, 2.75) is 39.7 Å². The minimum Gasteiger partial charge on any atom is -0.485 e. The molecule has 1 aromatic heterocycles. The summed E-state index contributed by atoms with van der Waals surface area (Å²) in [7, 11) is 0. The molecule has 2 heterocycles. The molecule has 144 valence electrons. The molecule has 0 spiro atoms. The molecule has 1 aliphatic heterocycles. The van der Waals surface area contributed by atoms with Gasteiger partial charge in [-0.1, -0.05) is 17.7 Å². The highest BCUT2D eigenvalue weighted by atomic mass is 16.5. The van der Waals surface area contributed by atoms with E-state index in [0.29, 0.717) is 37.5 Å². The number of rotatable bonds is 6. The number of piperidine rings is 1. The molecule has 0 radical (unpaired) electrons. The quantitative estimate of drug-likeness (QED) is 0.835. The van der Waals surface area contributed by atoms with Crippen LogP contribution in [0.25, 0.3) is 0 Å². The molecule has 1 saturated heterocycles. The summed E-state index contributed by atoms with van der Waals surface area (Å²) in [5.74, 6) is 0.904. The number of likely N-dealkylation sites (tertiary alicyclic amines) is 1. The third-order valence-electron chi connectivity index (χ3n) is 4.94. The molecule has 0 bridgehead atoms. The van der Waals surface area contributed by atoms with Gasteiger partial charge in [0.15, 0.2) is 5.76 Å². The van der Waals surface area contributed by atoms with Gasteiger partial charge in [0, 0.05) is 19.5 Å². The van der Waals surface area contributed by atoms with Crippen molar-refractivity contribution in [1.29, 1.82) is 0 Å². The van der Waals surface area contributed by atoms with Gasteiger partial charge in [-0.2, -0.15) is 0 Å². The lowest BCUT2D eigenvalue weighted by molar-refractivity contribution is -0.138. The van der Waals surface area contributed by atoms with Crippen LogP contribution in [0.3, 0.4) is 0 Å². The Morgan fingerprint density at radius 3 is 2.59 bits per heavy atom. The highest BCUT2D eigenvalue weighted by Gasteiger charge is 2.26. The highest BCUT2D eigenvalue weighted by Crippen LogP contribution is 2.23. The number of nitrogens with zero attached hydrogens (tertiary/aromatic N) is 1. The van der Waals surface area contributed by atoms with Crippen molar-refractivity contribution in [2.75, 3.05) is 13.1 Å². The zero-order valence-corrected chi connectivity index (χ0v) is 15.7. The van der Waals surface area contributed by atoms with E-state index in [4.69, 9.17) is 14.3 Å². The summed E-state index contributed by atoms with van der Waals surface area (Å²) in [5.41, 5.74) is 2.24. The Bertz CT molecular complexity index is 818. The van der Waals surface area contributed by atoms with Gasteiger partial charge in [-0.25, -0.2) is 0 Å². The second-order valence-corrected chi connectivity index (χ2v) is 7.16. The molecule has 0 unspecified atom stereocenters. The Kier molecular flexibility index (Phi) is 5.84. The summed E-state index contributed by atoms with van der Waals surface area (Å²) in [6.45, 7) is 5.41. The van der Waals surface area contributed by atoms with Crippen LogP contribution in [0.1, 0.15) is 46.7 Å². The van der Waals surface area contributed by atoms with Crippen LogP contribution >= 0.6 is 0 Å². The van der Waals surface area contributed by atoms with Crippen LogP contribution in [0.2, 0.25) is 0 Å². The first-order valence-electron chi connectivity index (χ1n) is 9.22. The maximum Gasteiger partial charge on any atom is 0.303 e. The van der Waals surface area contributed by atoms with E-state index in [1.54, 1.807) is 17.0 Å². The van der Waals surface area contributed by atoms with Crippen LogP contribution in [-0.4, -0.2) is 35.0 Å². The molecule has 3 rings (SSSR count). The minimum atomic E-state index is -0.778. The third kappa shape index (κ3) is 4.90. The molecule has 1 fully saturated rings. The van der Waals surface area contributed by atoms with Crippen molar-refractivity contribution >= 4 is 11.9 Å². The maximum atomic E-state index is 12.6. The van der Waals surface area contributed by atoms with Gasteiger partial charge in [-0.15, -0.1) is 0 Å². The second-order valence-electron chi connectivity index (χ2n) is 7.16. The molecule has 6 nitrogen and oxygen atoms in total. The Balaban J connectivity index is 1.54. The number of aliphatic carboxylic acids is 1. The molecule has 2 aromatic rings. The predicted molar refractivity (Wildman–Crippen MR) is 99.8 cm³/mol. The van der Waals surface area contributed by atoms with Gasteiger partial charge >= 0.3 is 5.97 Å². The van der Waals surface area contributed by atoms with E-state index in [0.717, 1.165) is 11.3 Å². The summed E-state index contributed by atoms with van der Waals surface area (Å²) >= 11 is 0. The number of carboxylic acid groups (broad SMARTS) is 1. The first kappa shape index (κ1) is 19.0. The van der Waals surface area contributed by atoms with Crippen molar-refractivity contribution in [3.8, 4) is 5.75 Å². The van der Waals surface area contributed by atoms with Crippen LogP contribution in [0.5, 0.6) is 5.75 Å². The second kappa shape index (κ2) is 8.29. The predicted octanol–water partition coefficient (Wildman–Crippen LogP) is 3.80. The van der Waals surface area contributed by atoms with E-state index >= 15 is 0 Å². The lowest BCUT2D eigenvalue weighted by Crippen LogP contribution is -2.38. The topological polar surface area (TPSA) is 80.0 Å². The molecule has 0 saturated carbocycles. The largest absolute Gasteiger partial charge is 0.485 e. The molecule has 6 heteroatoms. The Morgan fingerprint density at radius 1 is 1.19 bits per heavy atom. The van der Waals surface area contributed by atoms with Gasteiger partial charge in [-0.05, 0) is 56.4 Å². The number of furan rings is 1. The van der Waals surface area contributed by atoms with Gasteiger partial charge in [0.1, 0.15) is 18.1 Å². The summed E-state index contributed by atoms with van der Waals surface area (Å²) in [6, 6.07) is 9.41. The first-order chi connectivity index (χ1) is 12.9. The van der Waals surface area contributed by atoms with Gasteiger partial charge < -0.3 is 19.2 Å². The Hall–Kier alpha value is -2.76. The minimum absolute atomic E-state index is 0.143. The van der Waals surface area contributed by atoms with Crippen molar-refractivity contribution in [3.05, 3.63) is 53.0 Å². The zero-order valence-electron chi connectivity index (χ0n) is 15.7. The maximum absolute atomic E-state index is 12.6. The van der Waals surface area contributed by atoms with Crippen molar-refractivity contribution < 1.29 is 23.8 Å². The normalized spacial score (nSPS) is 15.0. The fourth-order valence-corrected chi connectivity index (χ4v) is 3.42. The number of amides is 1. The smallest absolute Gasteiger partial charge is 0.303 e. The number of benzene rings is 1. The van der Waals surface area contributed by atoms with Crippen molar-refractivity contribution in [3.63, 3.8) is 0 Å². The SMILES string of the molecule is Cc1ccc(OCc2ccc(C(=O)N3CCC(CC(=O)O)CC3)o2)c(C)c1. The van der Waals surface area contributed by atoms with Gasteiger partial charge in [0.05, 0.1) is 0 Å². The summed E-state index contributed by atoms with van der Waals surface area (Å²) < 4.78 is 11.5. The monoisotopic (exact) mass is 371 g/mol. The van der Waals surface area contributed by atoms with Gasteiger partial charge in [-0.3, -0.25) is 9.59 Å². The lowest BCUT2D eigenvalue weighted by atomic mass is 9.93. The molecule has 0 atom stereocenters. The molecule has 0 aliphatic carbocycles. The van der Waals surface area contributed by atoms with E-state index in [2.05, 4.69) is 6.07 Å². The fraction of sp³-hybridized carbons (Fsp3) is 0.429. The van der Waals surface area contributed by atoms with E-state index in [1.807, 2.05) is 26.0 Å². The van der Waals surface area contributed by atoms with Crippen LogP contribution in [0.4, 0.5) is 0 Å². The van der Waals surface area contributed by atoms with Gasteiger partial charge in [0.25, 0.3) is 5.91 Å².